The molecular weight excluding hydrogens is 344 g/mol. The third-order valence-corrected chi connectivity index (χ3v) is 5.79. The molecule has 7 nitrogen and oxygen atoms in total. The van der Waals surface area contributed by atoms with Crippen LogP contribution in [0, 0.1) is 0 Å². The highest BCUT2D eigenvalue weighted by molar-refractivity contribution is 7.89. The number of carboxylic acids is 1. The van der Waals surface area contributed by atoms with Crippen molar-refractivity contribution < 1.29 is 23.5 Å². The van der Waals surface area contributed by atoms with Crippen molar-refractivity contribution in [2.24, 2.45) is 0 Å². The zero-order chi connectivity index (χ0) is 18.4. The van der Waals surface area contributed by atoms with E-state index in [2.05, 4.69) is 0 Å². The first-order valence-electron chi connectivity index (χ1n) is 7.33. The van der Waals surface area contributed by atoms with Crippen LogP contribution in [0.15, 0.2) is 53.4 Å². The minimum Gasteiger partial charge on any atom is -0.476 e. The van der Waals surface area contributed by atoms with Gasteiger partial charge in [-0.2, -0.15) is 4.73 Å². The average Bonchev–Trinajstić information content (AvgIpc) is 2.91. The second kappa shape index (κ2) is 5.91. The molecule has 1 aromatic heterocycles. The van der Waals surface area contributed by atoms with E-state index in [1.807, 2.05) is 0 Å². The highest BCUT2D eigenvalue weighted by Gasteiger charge is 2.17. The standard InChI is InChI=1S/C17H16N2O5S/c1-18(2)25(23,24)14-7-5-11(6-8-14)12-3-4-13-10-16(17(20)21)19(22)15(13)9-12/h3-10,22H,1-2H3,(H,20,21). The van der Waals surface area contributed by atoms with Crippen molar-refractivity contribution in [3.05, 3.63) is 54.2 Å². The van der Waals surface area contributed by atoms with Gasteiger partial charge in [-0.15, -0.1) is 0 Å². The predicted molar refractivity (Wildman–Crippen MR) is 92.4 cm³/mol. The quantitative estimate of drug-likeness (QED) is 0.696. The van der Waals surface area contributed by atoms with E-state index in [0.717, 1.165) is 15.4 Å². The molecule has 130 valence electrons. The first-order chi connectivity index (χ1) is 11.7. The molecule has 0 aliphatic rings. The largest absolute Gasteiger partial charge is 0.476 e. The molecule has 25 heavy (non-hydrogen) atoms. The van der Waals surface area contributed by atoms with Crippen molar-refractivity contribution in [3.8, 4) is 11.1 Å². The molecule has 0 aliphatic heterocycles. The van der Waals surface area contributed by atoms with E-state index >= 15 is 0 Å². The molecule has 0 fully saturated rings. The summed E-state index contributed by atoms with van der Waals surface area (Å²) in [5.41, 5.74) is 1.61. The molecule has 0 amide bonds. The smallest absolute Gasteiger partial charge is 0.356 e. The molecule has 2 aromatic carbocycles. The molecule has 3 rings (SSSR count). The summed E-state index contributed by atoms with van der Waals surface area (Å²) < 4.78 is 26.0. The summed E-state index contributed by atoms with van der Waals surface area (Å²) in [5.74, 6) is -1.22. The van der Waals surface area contributed by atoms with E-state index in [9.17, 15) is 18.4 Å². The van der Waals surface area contributed by atoms with Gasteiger partial charge in [0, 0.05) is 19.5 Å². The number of aromatic nitrogens is 1. The van der Waals surface area contributed by atoms with Crippen LogP contribution in [0.5, 0.6) is 0 Å². The molecular formula is C17H16N2O5S. The zero-order valence-corrected chi connectivity index (χ0v) is 14.4. The average molecular weight is 360 g/mol. The van der Waals surface area contributed by atoms with Crippen LogP contribution in [-0.2, 0) is 10.0 Å². The summed E-state index contributed by atoms with van der Waals surface area (Å²) in [6.45, 7) is 0. The fourth-order valence-corrected chi connectivity index (χ4v) is 3.45. The minimum atomic E-state index is -3.50. The van der Waals surface area contributed by atoms with Gasteiger partial charge in [-0.3, -0.25) is 0 Å². The third-order valence-electron chi connectivity index (χ3n) is 3.96. The summed E-state index contributed by atoms with van der Waals surface area (Å²) in [6.07, 6.45) is 0. The fraction of sp³-hybridized carbons (Fsp3) is 0.118. The Kier molecular flexibility index (Phi) is 4.02. The first kappa shape index (κ1) is 17.0. The second-order valence-electron chi connectivity index (χ2n) is 5.73. The van der Waals surface area contributed by atoms with Gasteiger partial charge < -0.3 is 10.3 Å². The van der Waals surface area contributed by atoms with Crippen LogP contribution >= 0.6 is 0 Å². The Balaban J connectivity index is 2.05. The lowest BCUT2D eigenvalue weighted by atomic mass is 10.0. The number of benzene rings is 2. The molecule has 0 aliphatic carbocycles. The van der Waals surface area contributed by atoms with Crippen LogP contribution in [0.4, 0.5) is 0 Å². The molecule has 0 saturated heterocycles. The Morgan fingerprint density at radius 3 is 2.16 bits per heavy atom. The number of nitrogens with zero attached hydrogens (tertiary/aromatic N) is 2. The molecule has 1 heterocycles. The van der Waals surface area contributed by atoms with Gasteiger partial charge in [0.2, 0.25) is 10.0 Å². The van der Waals surface area contributed by atoms with E-state index in [1.165, 1.54) is 32.3 Å². The molecule has 3 aromatic rings. The lowest BCUT2D eigenvalue weighted by molar-refractivity contribution is 0.0649. The Morgan fingerprint density at radius 2 is 1.60 bits per heavy atom. The van der Waals surface area contributed by atoms with Crippen LogP contribution in [0.25, 0.3) is 22.0 Å². The predicted octanol–water partition coefficient (Wildman–Crippen LogP) is 2.49. The van der Waals surface area contributed by atoms with Gasteiger partial charge in [-0.25, -0.2) is 17.5 Å². The van der Waals surface area contributed by atoms with E-state index in [4.69, 9.17) is 5.11 Å². The van der Waals surface area contributed by atoms with Gasteiger partial charge >= 0.3 is 5.97 Å². The second-order valence-corrected chi connectivity index (χ2v) is 7.88. The Hall–Kier alpha value is -2.84. The number of fused-ring (bicyclic) bond motifs is 1. The molecule has 2 N–H and O–H groups in total. The van der Waals surface area contributed by atoms with E-state index < -0.39 is 16.0 Å². The van der Waals surface area contributed by atoms with Gasteiger partial charge in [-0.1, -0.05) is 24.3 Å². The highest BCUT2D eigenvalue weighted by atomic mass is 32.2. The van der Waals surface area contributed by atoms with Gasteiger partial charge in [-0.05, 0) is 35.4 Å². The highest BCUT2D eigenvalue weighted by Crippen LogP contribution is 2.27. The summed E-state index contributed by atoms with van der Waals surface area (Å²) in [5, 5.41) is 19.7. The van der Waals surface area contributed by atoms with Gasteiger partial charge in [0.25, 0.3) is 0 Å². The van der Waals surface area contributed by atoms with Crippen molar-refractivity contribution in [2.75, 3.05) is 14.1 Å². The topological polar surface area (TPSA) is 99.8 Å². The summed E-state index contributed by atoms with van der Waals surface area (Å²) >= 11 is 0. The van der Waals surface area contributed by atoms with Gasteiger partial charge in [0.05, 0.1) is 10.4 Å². The number of rotatable bonds is 4. The fourth-order valence-electron chi connectivity index (χ4n) is 2.55. The van der Waals surface area contributed by atoms with E-state index in [-0.39, 0.29) is 10.6 Å². The van der Waals surface area contributed by atoms with E-state index in [1.54, 1.807) is 30.3 Å². The zero-order valence-electron chi connectivity index (χ0n) is 13.5. The SMILES string of the molecule is CN(C)S(=O)(=O)c1ccc(-c2ccc3cc(C(=O)O)n(O)c3c2)cc1. The molecule has 0 bridgehead atoms. The number of hydrogen-bond donors (Lipinski definition) is 2. The number of aromatic carboxylic acids is 1. The van der Waals surface area contributed by atoms with Crippen LogP contribution in [-0.4, -0.2) is 47.8 Å². The summed E-state index contributed by atoms with van der Waals surface area (Å²) in [6, 6.07) is 12.9. The number of hydrogen-bond acceptors (Lipinski definition) is 4. The number of sulfonamides is 1. The lowest BCUT2D eigenvalue weighted by Gasteiger charge is -2.11. The maximum absolute atomic E-state index is 12.1. The van der Waals surface area contributed by atoms with Crippen molar-refractivity contribution in [3.63, 3.8) is 0 Å². The van der Waals surface area contributed by atoms with Crippen LogP contribution < -0.4 is 0 Å². The van der Waals surface area contributed by atoms with Crippen molar-refractivity contribution >= 4 is 26.9 Å². The molecule has 0 saturated carbocycles. The maximum atomic E-state index is 12.1. The maximum Gasteiger partial charge on any atom is 0.356 e. The van der Waals surface area contributed by atoms with Crippen molar-refractivity contribution in [1.29, 1.82) is 0 Å². The van der Waals surface area contributed by atoms with Gasteiger partial charge in [0.1, 0.15) is 0 Å². The van der Waals surface area contributed by atoms with Crippen LogP contribution in [0.2, 0.25) is 0 Å². The Labute approximate surface area is 144 Å². The van der Waals surface area contributed by atoms with Gasteiger partial charge in [0.15, 0.2) is 5.69 Å². The Morgan fingerprint density at radius 1 is 1.00 bits per heavy atom. The molecule has 0 radical (unpaired) electrons. The third kappa shape index (κ3) is 2.86. The number of carboxylic acid groups (broad SMARTS) is 1. The number of carbonyl (C=O) groups is 1. The normalized spacial score (nSPS) is 12.0. The summed E-state index contributed by atoms with van der Waals surface area (Å²) in [4.78, 5) is 11.3. The van der Waals surface area contributed by atoms with Crippen molar-refractivity contribution in [2.45, 2.75) is 4.90 Å². The lowest BCUT2D eigenvalue weighted by Crippen LogP contribution is -2.22. The molecule has 0 spiro atoms. The van der Waals surface area contributed by atoms with Crippen LogP contribution in [0.3, 0.4) is 0 Å². The first-order valence-corrected chi connectivity index (χ1v) is 8.77. The van der Waals surface area contributed by atoms with E-state index in [0.29, 0.717) is 15.6 Å². The molecule has 8 heteroatoms. The van der Waals surface area contributed by atoms with Crippen molar-refractivity contribution in [1.82, 2.24) is 9.04 Å². The monoisotopic (exact) mass is 360 g/mol. The molecule has 0 unspecified atom stereocenters. The summed E-state index contributed by atoms with van der Waals surface area (Å²) in [7, 11) is -0.570. The Bertz CT molecular complexity index is 1070. The molecule has 0 atom stereocenters. The minimum absolute atomic E-state index is 0.182. The van der Waals surface area contributed by atoms with Crippen LogP contribution in [0.1, 0.15) is 10.5 Å².